The predicted molar refractivity (Wildman–Crippen MR) is 88.6 cm³/mol. The van der Waals surface area contributed by atoms with Crippen LogP contribution in [-0.4, -0.2) is 36.2 Å². The van der Waals surface area contributed by atoms with Crippen LogP contribution < -0.4 is 4.72 Å². The van der Waals surface area contributed by atoms with E-state index in [4.69, 9.17) is 11.6 Å². The fourth-order valence-electron chi connectivity index (χ4n) is 1.93. The number of sulfonamides is 1. The molecule has 2 aromatic rings. The number of hydrogen-bond donors (Lipinski definition) is 3. The molecule has 0 radical (unpaired) electrons. The smallest absolute Gasteiger partial charge is 0.269 e. The van der Waals surface area contributed by atoms with E-state index in [0.717, 1.165) is 11.3 Å². The minimum absolute atomic E-state index is 0.0538. The normalized spacial score (nSPS) is 14.3. The first-order chi connectivity index (χ1) is 11.2. The van der Waals surface area contributed by atoms with E-state index in [1.54, 1.807) is 0 Å². The first-order valence-corrected chi connectivity index (χ1v) is 9.23. The summed E-state index contributed by atoms with van der Waals surface area (Å²) in [5.41, 5.74) is 0.0619. The molecule has 2 rings (SSSR count). The van der Waals surface area contributed by atoms with Gasteiger partial charge in [0.15, 0.2) is 0 Å². The minimum atomic E-state index is -3.97. The summed E-state index contributed by atoms with van der Waals surface area (Å²) < 4.78 is 26.9. The fourth-order valence-corrected chi connectivity index (χ4v) is 4.66. The summed E-state index contributed by atoms with van der Waals surface area (Å²) in [6, 6.07) is 6.45. The van der Waals surface area contributed by atoms with Crippen molar-refractivity contribution >= 4 is 38.6 Å². The molecule has 11 heteroatoms. The van der Waals surface area contributed by atoms with E-state index in [1.165, 1.54) is 36.4 Å². The van der Waals surface area contributed by atoms with Crippen LogP contribution in [0.1, 0.15) is 11.7 Å². The van der Waals surface area contributed by atoms with Crippen molar-refractivity contribution < 1.29 is 23.6 Å². The summed E-state index contributed by atoms with van der Waals surface area (Å²) in [6.07, 6.45) is -1.39. The summed E-state index contributed by atoms with van der Waals surface area (Å²) in [5, 5.41) is 30.3. The van der Waals surface area contributed by atoms with Crippen LogP contribution in [0.5, 0.6) is 0 Å². The van der Waals surface area contributed by atoms with Crippen LogP contribution in [0.3, 0.4) is 0 Å². The van der Waals surface area contributed by atoms with Crippen LogP contribution in [0, 0.1) is 10.1 Å². The van der Waals surface area contributed by atoms with Gasteiger partial charge in [0, 0.05) is 12.1 Å². The molecular formula is C13H13ClN2O6S2. The highest BCUT2D eigenvalue weighted by Gasteiger charge is 2.27. The quantitative estimate of drug-likeness (QED) is 0.485. The van der Waals surface area contributed by atoms with E-state index in [2.05, 4.69) is 4.72 Å². The number of nitro groups is 1. The molecule has 0 fully saturated rings. The Morgan fingerprint density at radius 1 is 1.25 bits per heavy atom. The summed E-state index contributed by atoms with van der Waals surface area (Å²) in [5.74, 6) is 0. The summed E-state index contributed by atoms with van der Waals surface area (Å²) >= 11 is 6.54. The molecule has 0 bridgehead atoms. The fraction of sp³-hybridized carbons (Fsp3) is 0.231. The highest BCUT2D eigenvalue weighted by atomic mass is 35.5. The van der Waals surface area contributed by atoms with Gasteiger partial charge in [-0.3, -0.25) is 10.1 Å². The molecule has 1 aromatic heterocycles. The van der Waals surface area contributed by atoms with Gasteiger partial charge in [-0.1, -0.05) is 11.6 Å². The Balaban J connectivity index is 2.19. The van der Waals surface area contributed by atoms with E-state index < -0.39 is 33.7 Å². The number of non-ortho nitro benzene ring substituents is 1. The van der Waals surface area contributed by atoms with Crippen molar-refractivity contribution in [3.05, 3.63) is 56.4 Å². The van der Waals surface area contributed by atoms with E-state index in [0.29, 0.717) is 0 Å². The number of benzene rings is 1. The standard InChI is InChI=1S/C13H13ClN2O6S2/c14-11-5-6-12(23-11)24(21,22)15-10(7-17)13(18)8-1-3-9(4-2-8)16(19)20/h1-6,10,13,15,17-18H,7H2/t10-,13-/m1/s1. The van der Waals surface area contributed by atoms with Gasteiger partial charge in [0.1, 0.15) is 4.21 Å². The zero-order valence-corrected chi connectivity index (χ0v) is 14.4. The van der Waals surface area contributed by atoms with Crippen LogP contribution in [-0.2, 0) is 10.0 Å². The molecule has 0 aliphatic rings. The van der Waals surface area contributed by atoms with Crippen LogP contribution >= 0.6 is 22.9 Å². The second kappa shape index (κ2) is 7.55. The molecule has 0 spiro atoms. The number of rotatable bonds is 7. The van der Waals surface area contributed by atoms with Crippen LogP contribution in [0.2, 0.25) is 4.34 Å². The lowest BCUT2D eigenvalue weighted by atomic mass is 10.0. The van der Waals surface area contributed by atoms with Gasteiger partial charge in [-0.05, 0) is 29.8 Å². The molecule has 0 amide bonds. The minimum Gasteiger partial charge on any atom is -0.395 e. The number of nitrogens with zero attached hydrogens (tertiary/aromatic N) is 1. The highest BCUT2D eigenvalue weighted by Crippen LogP contribution is 2.27. The largest absolute Gasteiger partial charge is 0.395 e. The highest BCUT2D eigenvalue weighted by molar-refractivity contribution is 7.91. The molecule has 0 saturated carbocycles. The summed E-state index contributed by atoms with van der Waals surface area (Å²) in [6.45, 7) is -0.670. The average molecular weight is 393 g/mol. The van der Waals surface area contributed by atoms with Crippen molar-refractivity contribution in [2.75, 3.05) is 6.61 Å². The number of nitro benzene ring substituents is 1. The molecule has 130 valence electrons. The monoisotopic (exact) mass is 392 g/mol. The number of aliphatic hydroxyl groups is 2. The van der Waals surface area contributed by atoms with Crippen molar-refractivity contribution in [3.63, 3.8) is 0 Å². The number of thiophene rings is 1. The Kier molecular flexibility index (Phi) is 5.91. The molecule has 2 atom stereocenters. The lowest BCUT2D eigenvalue weighted by Crippen LogP contribution is -2.41. The van der Waals surface area contributed by atoms with Crippen LogP contribution in [0.25, 0.3) is 0 Å². The van der Waals surface area contributed by atoms with Gasteiger partial charge < -0.3 is 10.2 Å². The van der Waals surface area contributed by atoms with Gasteiger partial charge in [-0.15, -0.1) is 11.3 Å². The van der Waals surface area contributed by atoms with Crippen LogP contribution in [0.15, 0.2) is 40.6 Å². The Morgan fingerprint density at radius 3 is 2.33 bits per heavy atom. The molecule has 24 heavy (non-hydrogen) atoms. The van der Waals surface area contributed by atoms with Gasteiger partial charge in [0.25, 0.3) is 15.7 Å². The molecular weight excluding hydrogens is 380 g/mol. The second-order valence-electron chi connectivity index (χ2n) is 4.76. The van der Waals surface area contributed by atoms with Gasteiger partial charge in [0.05, 0.1) is 28.0 Å². The van der Waals surface area contributed by atoms with Crippen LogP contribution in [0.4, 0.5) is 5.69 Å². The molecule has 3 N–H and O–H groups in total. The Hall–Kier alpha value is -1.56. The Bertz CT molecular complexity index is 821. The second-order valence-corrected chi connectivity index (χ2v) is 8.42. The molecule has 0 aliphatic carbocycles. The zero-order chi connectivity index (χ0) is 17.9. The van der Waals surface area contributed by atoms with Gasteiger partial charge >= 0.3 is 0 Å². The molecule has 0 aliphatic heterocycles. The third kappa shape index (κ3) is 4.29. The molecule has 1 heterocycles. The predicted octanol–water partition coefficient (Wildman–Crippen LogP) is 1.68. The Morgan fingerprint density at radius 2 is 1.88 bits per heavy atom. The van der Waals surface area contributed by atoms with E-state index in [9.17, 15) is 28.7 Å². The van der Waals surface area contributed by atoms with Crippen molar-refractivity contribution in [1.82, 2.24) is 4.72 Å². The lowest BCUT2D eigenvalue weighted by molar-refractivity contribution is -0.384. The SMILES string of the molecule is O=[N+]([O-])c1ccc([C@@H](O)[C@@H](CO)NS(=O)(=O)c2ccc(Cl)s2)cc1. The summed E-state index contributed by atoms with van der Waals surface area (Å²) in [7, 11) is -3.97. The molecule has 0 unspecified atom stereocenters. The van der Waals surface area contributed by atoms with Crippen molar-refractivity contribution in [2.45, 2.75) is 16.4 Å². The third-order valence-corrected chi connectivity index (χ3v) is 6.36. The van der Waals surface area contributed by atoms with Gasteiger partial charge in [-0.25, -0.2) is 13.1 Å². The first-order valence-electron chi connectivity index (χ1n) is 6.55. The number of halogens is 1. The lowest BCUT2D eigenvalue weighted by Gasteiger charge is -2.22. The maximum absolute atomic E-state index is 12.2. The van der Waals surface area contributed by atoms with E-state index >= 15 is 0 Å². The maximum Gasteiger partial charge on any atom is 0.269 e. The molecule has 8 nitrogen and oxygen atoms in total. The molecule has 0 saturated heterocycles. The zero-order valence-electron chi connectivity index (χ0n) is 12.0. The van der Waals surface area contributed by atoms with E-state index in [-0.39, 0.29) is 19.8 Å². The number of aliphatic hydroxyl groups excluding tert-OH is 2. The maximum atomic E-state index is 12.2. The number of nitrogens with one attached hydrogen (secondary N) is 1. The summed E-state index contributed by atoms with van der Waals surface area (Å²) in [4.78, 5) is 10.0. The van der Waals surface area contributed by atoms with E-state index in [1.807, 2.05) is 0 Å². The third-order valence-electron chi connectivity index (χ3n) is 3.14. The van der Waals surface area contributed by atoms with Gasteiger partial charge in [-0.2, -0.15) is 0 Å². The van der Waals surface area contributed by atoms with Gasteiger partial charge in [0.2, 0.25) is 0 Å². The Labute approximate surface area is 146 Å². The van der Waals surface area contributed by atoms with Crippen molar-refractivity contribution in [3.8, 4) is 0 Å². The van der Waals surface area contributed by atoms with Crippen molar-refractivity contribution in [2.24, 2.45) is 0 Å². The number of hydrogen-bond acceptors (Lipinski definition) is 7. The first kappa shape index (κ1) is 18.8. The molecule has 1 aromatic carbocycles. The average Bonchev–Trinajstić information content (AvgIpc) is 2.99. The van der Waals surface area contributed by atoms with Crippen molar-refractivity contribution in [1.29, 1.82) is 0 Å². The topological polar surface area (TPSA) is 130 Å².